The Bertz CT molecular complexity index is 744. The van der Waals surface area contributed by atoms with Gasteiger partial charge in [-0.3, -0.25) is 0 Å². The highest BCUT2D eigenvalue weighted by Crippen LogP contribution is 2.21. The Hall–Kier alpha value is -2.73. The minimum absolute atomic E-state index is 0.127. The van der Waals surface area contributed by atoms with E-state index in [0.717, 1.165) is 10.8 Å². The second-order valence-corrected chi connectivity index (χ2v) is 5.28. The van der Waals surface area contributed by atoms with Gasteiger partial charge in [-0.05, 0) is 24.3 Å². The van der Waals surface area contributed by atoms with E-state index in [0.29, 0.717) is 11.4 Å². The quantitative estimate of drug-likeness (QED) is 0.729. The molecule has 3 aromatic rings. The predicted molar refractivity (Wildman–Crippen MR) is 85.2 cm³/mol. The van der Waals surface area contributed by atoms with Crippen molar-refractivity contribution < 1.29 is 9.53 Å². The van der Waals surface area contributed by atoms with E-state index in [1.54, 1.807) is 24.4 Å². The Labute approximate surface area is 131 Å². The van der Waals surface area contributed by atoms with E-state index in [-0.39, 0.29) is 6.61 Å². The van der Waals surface area contributed by atoms with Crippen molar-refractivity contribution in [3.63, 3.8) is 0 Å². The summed E-state index contributed by atoms with van der Waals surface area (Å²) in [6.45, 7) is 0.127. The van der Waals surface area contributed by atoms with Gasteiger partial charge in [0, 0.05) is 17.3 Å². The van der Waals surface area contributed by atoms with Gasteiger partial charge in [0.15, 0.2) is 5.13 Å². The molecule has 0 aliphatic carbocycles. The first kappa shape index (κ1) is 14.2. The number of nitrogens with one attached hydrogen (secondary N) is 1. The standard InChI is InChI=1S/C16H13N3O2S/c20-15(14-8-4-5-9-17-14)21-10-13-11-22-16(19-13)18-12-6-2-1-3-7-12/h1-9,11H,10H2,(H,18,19). The van der Waals surface area contributed by atoms with Crippen LogP contribution in [-0.2, 0) is 11.3 Å². The topological polar surface area (TPSA) is 64.1 Å². The lowest BCUT2D eigenvalue weighted by Gasteiger charge is -2.02. The van der Waals surface area contributed by atoms with Crippen LogP contribution < -0.4 is 5.32 Å². The molecule has 0 unspecified atom stereocenters. The number of carbonyl (C=O) groups excluding carboxylic acids is 1. The third kappa shape index (κ3) is 3.67. The summed E-state index contributed by atoms with van der Waals surface area (Å²) in [6, 6.07) is 14.9. The van der Waals surface area contributed by atoms with Gasteiger partial charge >= 0.3 is 5.97 Å². The van der Waals surface area contributed by atoms with Gasteiger partial charge in [0.2, 0.25) is 0 Å². The van der Waals surface area contributed by atoms with Crippen LogP contribution in [0.15, 0.2) is 60.1 Å². The van der Waals surface area contributed by atoms with Crippen LogP contribution in [0.4, 0.5) is 10.8 Å². The lowest BCUT2D eigenvalue weighted by Crippen LogP contribution is -2.07. The number of para-hydroxylation sites is 1. The van der Waals surface area contributed by atoms with Crippen LogP contribution in [0.5, 0.6) is 0 Å². The maximum atomic E-state index is 11.8. The van der Waals surface area contributed by atoms with Crippen molar-refractivity contribution in [1.29, 1.82) is 0 Å². The summed E-state index contributed by atoms with van der Waals surface area (Å²) >= 11 is 1.46. The fourth-order valence-electron chi connectivity index (χ4n) is 1.77. The van der Waals surface area contributed by atoms with Gasteiger partial charge < -0.3 is 10.1 Å². The molecular formula is C16H13N3O2S. The molecule has 0 atom stereocenters. The minimum atomic E-state index is -0.453. The number of aromatic nitrogens is 2. The number of benzene rings is 1. The van der Waals surface area contributed by atoms with E-state index >= 15 is 0 Å². The minimum Gasteiger partial charge on any atom is -0.454 e. The third-order valence-electron chi connectivity index (χ3n) is 2.80. The number of rotatable bonds is 5. The zero-order valence-electron chi connectivity index (χ0n) is 11.6. The largest absolute Gasteiger partial charge is 0.454 e. The Morgan fingerprint density at radius 2 is 1.95 bits per heavy atom. The van der Waals surface area contributed by atoms with Crippen LogP contribution in [-0.4, -0.2) is 15.9 Å². The van der Waals surface area contributed by atoms with E-state index in [1.165, 1.54) is 11.3 Å². The van der Waals surface area contributed by atoms with Crippen molar-refractivity contribution in [1.82, 2.24) is 9.97 Å². The third-order valence-corrected chi connectivity index (χ3v) is 3.61. The molecule has 1 aromatic carbocycles. The fourth-order valence-corrected chi connectivity index (χ4v) is 2.49. The maximum absolute atomic E-state index is 11.8. The van der Waals surface area contributed by atoms with Gasteiger partial charge in [0.1, 0.15) is 12.3 Å². The zero-order chi connectivity index (χ0) is 15.2. The van der Waals surface area contributed by atoms with Gasteiger partial charge in [-0.25, -0.2) is 14.8 Å². The Morgan fingerprint density at radius 1 is 1.14 bits per heavy atom. The van der Waals surface area contributed by atoms with E-state index < -0.39 is 5.97 Å². The van der Waals surface area contributed by atoms with E-state index in [4.69, 9.17) is 4.74 Å². The molecular weight excluding hydrogens is 298 g/mol. The molecule has 22 heavy (non-hydrogen) atoms. The number of thiazole rings is 1. The molecule has 110 valence electrons. The van der Waals surface area contributed by atoms with Crippen molar-refractivity contribution in [3.8, 4) is 0 Å². The fraction of sp³-hybridized carbons (Fsp3) is 0.0625. The van der Waals surface area contributed by atoms with Crippen LogP contribution in [0.2, 0.25) is 0 Å². The number of hydrogen-bond donors (Lipinski definition) is 1. The van der Waals surface area contributed by atoms with Crippen LogP contribution >= 0.6 is 11.3 Å². The highest BCUT2D eigenvalue weighted by molar-refractivity contribution is 7.13. The molecule has 2 aromatic heterocycles. The summed E-state index contributed by atoms with van der Waals surface area (Å²) < 4.78 is 5.19. The molecule has 1 N–H and O–H groups in total. The van der Waals surface area contributed by atoms with Crippen molar-refractivity contribution in [2.75, 3.05) is 5.32 Å². The van der Waals surface area contributed by atoms with Crippen LogP contribution in [0, 0.1) is 0 Å². The molecule has 0 radical (unpaired) electrons. The second-order valence-electron chi connectivity index (χ2n) is 4.43. The maximum Gasteiger partial charge on any atom is 0.357 e. The normalized spacial score (nSPS) is 10.2. The SMILES string of the molecule is O=C(OCc1csc(Nc2ccccc2)n1)c1ccccn1. The molecule has 0 amide bonds. The van der Waals surface area contributed by atoms with Crippen LogP contribution in [0.1, 0.15) is 16.2 Å². The molecule has 0 bridgehead atoms. The molecule has 6 heteroatoms. The predicted octanol–water partition coefficient (Wildman–Crippen LogP) is 3.64. The van der Waals surface area contributed by atoms with Gasteiger partial charge in [0.25, 0.3) is 0 Å². The highest BCUT2D eigenvalue weighted by Gasteiger charge is 2.09. The van der Waals surface area contributed by atoms with Gasteiger partial charge in [-0.15, -0.1) is 11.3 Å². The lowest BCUT2D eigenvalue weighted by molar-refractivity contribution is 0.0461. The molecule has 5 nitrogen and oxygen atoms in total. The summed E-state index contributed by atoms with van der Waals surface area (Å²) in [7, 11) is 0. The summed E-state index contributed by atoms with van der Waals surface area (Å²) in [6.07, 6.45) is 1.56. The molecule has 3 rings (SSSR count). The first-order valence-electron chi connectivity index (χ1n) is 6.66. The molecule has 0 fully saturated rings. The van der Waals surface area contributed by atoms with Crippen molar-refractivity contribution in [2.24, 2.45) is 0 Å². The molecule has 2 heterocycles. The number of hydrogen-bond acceptors (Lipinski definition) is 6. The van der Waals surface area contributed by atoms with Crippen molar-refractivity contribution in [3.05, 3.63) is 71.5 Å². The first-order chi connectivity index (χ1) is 10.8. The molecule has 0 saturated carbocycles. The molecule has 0 aliphatic rings. The van der Waals surface area contributed by atoms with Gasteiger partial charge in [-0.1, -0.05) is 24.3 Å². The average Bonchev–Trinajstić information content (AvgIpc) is 3.02. The van der Waals surface area contributed by atoms with Gasteiger partial charge in [0.05, 0.1) is 5.69 Å². The highest BCUT2D eigenvalue weighted by atomic mass is 32.1. The average molecular weight is 311 g/mol. The lowest BCUT2D eigenvalue weighted by atomic mass is 10.3. The summed E-state index contributed by atoms with van der Waals surface area (Å²) in [5.74, 6) is -0.453. The second kappa shape index (κ2) is 6.82. The summed E-state index contributed by atoms with van der Waals surface area (Å²) in [5, 5.41) is 5.82. The Kier molecular flexibility index (Phi) is 4.41. The van der Waals surface area contributed by atoms with E-state index in [1.807, 2.05) is 35.7 Å². The van der Waals surface area contributed by atoms with Crippen LogP contribution in [0.25, 0.3) is 0 Å². The van der Waals surface area contributed by atoms with Crippen molar-refractivity contribution >= 4 is 28.1 Å². The molecule has 0 spiro atoms. The number of ether oxygens (including phenoxy) is 1. The van der Waals surface area contributed by atoms with E-state index in [9.17, 15) is 4.79 Å². The number of carbonyl (C=O) groups is 1. The zero-order valence-corrected chi connectivity index (χ0v) is 12.4. The number of anilines is 2. The summed E-state index contributed by atoms with van der Waals surface area (Å²) in [5.41, 5.74) is 1.96. The number of esters is 1. The Balaban J connectivity index is 1.57. The van der Waals surface area contributed by atoms with Crippen LogP contribution in [0.3, 0.4) is 0 Å². The Morgan fingerprint density at radius 3 is 2.73 bits per heavy atom. The smallest absolute Gasteiger partial charge is 0.357 e. The molecule has 0 aliphatic heterocycles. The first-order valence-corrected chi connectivity index (χ1v) is 7.54. The number of nitrogens with zero attached hydrogens (tertiary/aromatic N) is 2. The molecule has 0 saturated heterocycles. The monoisotopic (exact) mass is 311 g/mol. The van der Waals surface area contributed by atoms with E-state index in [2.05, 4.69) is 15.3 Å². The number of pyridine rings is 1. The van der Waals surface area contributed by atoms with Gasteiger partial charge in [-0.2, -0.15) is 0 Å². The summed E-state index contributed by atoms with van der Waals surface area (Å²) in [4.78, 5) is 20.1. The van der Waals surface area contributed by atoms with Crippen molar-refractivity contribution in [2.45, 2.75) is 6.61 Å².